The molecule has 0 heterocycles. The van der Waals surface area contributed by atoms with E-state index in [0.717, 1.165) is 5.39 Å². The summed E-state index contributed by atoms with van der Waals surface area (Å²) >= 11 is 0. The van der Waals surface area contributed by atoms with E-state index in [0.29, 0.717) is 5.39 Å². The first-order chi connectivity index (χ1) is 8.15. The molecule has 0 aliphatic rings. The summed E-state index contributed by atoms with van der Waals surface area (Å²) in [5, 5.41) is 1.54. The van der Waals surface area contributed by atoms with Crippen molar-refractivity contribution in [2.75, 3.05) is 6.61 Å². The second-order valence-electron chi connectivity index (χ2n) is 3.50. The molecule has 5 heteroatoms. The predicted octanol–water partition coefficient (Wildman–Crippen LogP) is -0.152. The minimum absolute atomic E-state index is 0. The molecule has 0 atom stereocenters. The molecule has 0 saturated heterocycles. The summed E-state index contributed by atoms with van der Waals surface area (Å²) in [6.07, 6.45) is 1.41. The molecule has 2 aromatic rings. The molecule has 3 nitrogen and oxygen atoms in total. The van der Waals surface area contributed by atoms with E-state index < -0.39 is 10.1 Å². The van der Waals surface area contributed by atoms with E-state index in [1.54, 1.807) is 24.3 Å². The molecular formula is C13H13KO3S. The van der Waals surface area contributed by atoms with E-state index in [-0.39, 0.29) is 64.3 Å². The molecular weight excluding hydrogens is 275 g/mol. The topological polar surface area (TPSA) is 43.4 Å². The molecule has 0 aromatic heterocycles. The maximum absolute atomic E-state index is 11.9. The van der Waals surface area contributed by atoms with Crippen molar-refractivity contribution in [3.63, 3.8) is 0 Å². The average Bonchev–Trinajstić information content (AvgIpc) is 2.36. The van der Waals surface area contributed by atoms with Gasteiger partial charge < -0.3 is 1.43 Å². The molecule has 0 radical (unpaired) electrons. The number of hydrogen-bond donors (Lipinski definition) is 0. The Kier molecular flexibility index (Phi) is 6.20. The summed E-state index contributed by atoms with van der Waals surface area (Å²) < 4.78 is 28.7. The van der Waals surface area contributed by atoms with Crippen LogP contribution in [-0.2, 0) is 14.3 Å². The molecule has 0 spiro atoms. The van der Waals surface area contributed by atoms with Gasteiger partial charge in [-0.2, -0.15) is 8.42 Å². The maximum Gasteiger partial charge on any atom is 1.00 e. The van der Waals surface area contributed by atoms with Crippen molar-refractivity contribution in [3.05, 3.63) is 55.1 Å². The Morgan fingerprint density at radius 3 is 2.56 bits per heavy atom. The van der Waals surface area contributed by atoms with Gasteiger partial charge in [-0.3, -0.25) is 4.18 Å². The molecule has 0 unspecified atom stereocenters. The first-order valence-electron chi connectivity index (χ1n) is 5.13. The van der Waals surface area contributed by atoms with Crippen molar-refractivity contribution in [1.29, 1.82) is 0 Å². The third-order valence-electron chi connectivity index (χ3n) is 2.36. The SMILES string of the molecule is C=CCOS(=O)(=O)c1cccc2ccccc12.[H-].[K+]. The largest absolute Gasteiger partial charge is 1.00 e. The molecule has 0 N–H and O–H groups in total. The quantitative estimate of drug-likeness (QED) is 0.446. The van der Waals surface area contributed by atoms with Crippen LogP contribution in [0.5, 0.6) is 0 Å². The van der Waals surface area contributed by atoms with Gasteiger partial charge >= 0.3 is 51.4 Å². The zero-order valence-electron chi connectivity index (χ0n) is 11.2. The van der Waals surface area contributed by atoms with Gasteiger partial charge in [-0.15, -0.1) is 6.58 Å². The van der Waals surface area contributed by atoms with Gasteiger partial charge in [0.05, 0.1) is 6.61 Å². The molecule has 0 aliphatic heterocycles. The fourth-order valence-electron chi connectivity index (χ4n) is 1.61. The third-order valence-corrected chi connectivity index (χ3v) is 3.70. The average molecular weight is 288 g/mol. The monoisotopic (exact) mass is 288 g/mol. The van der Waals surface area contributed by atoms with Crippen LogP contribution in [0, 0.1) is 0 Å². The van der Waals surface area contributed by atoms with Crippen LogP contribution in [0.2, 0.25) is 0 Å². The van der Waals surface area contributed by atoms with Gasteiger partial charge in [0.1, 0.15) is 4.90 Å². The Bertz CT molecular complexity index is 650. The van der Waals surface area contributed by atoms with Gasteiger partial charge in [-0.1, -0.05) is 42.5 Å². The minimum Gasteiger partial charge on any atom is -1.00 e. The van der Waals surface area contributed by atoms with Crippen molar-refractivity contribution in [3.8, 4) is 0 Å². The van der Waals surface area contributed by atoms with Crippen molar-refractivity contribution < 1.29 is 65.4 Å². The van der Waals surface area contributed by atoms with Gasteiger partial charge in [-0.25, -0.2) is 0 Å². The van der Waals surface area contributed by atoms with Crippen LogP contribution in [0.1, 0.15) is 1.43 Å². The minimum atomic E-state index is -3.72. The van der Waals surface area contributed by atoms with E-state index in [1.807, 2.05) is 18.2 Å². The molecule has 0 amide bonds. The van der Waals surface area contributed by atoms with Crippen molar-refractivity contribution in [2.45, 2.75) is 4.90 Å². The zero-order valence-corrected chi connectivity index (χ0v) is 14.1. The Morgan fingerprint density at radius 1 is 1.17 bits per heavy atom. The normalized spacial score (nSPS) is 10.9. The zero-order chi connectivity index (χ0) is 12.3. The molecule has 0 fully saturated rings. The van der Waals surface area contributed by atoms with Crippen LogP contribution in [0.4, 0.5) is 0 Å². The fraction of sp³-hybridized carbons (Fsp3) is 0.0769. The molecule has 90 valence electrons. The van der Waals surface area contributed by atoms with Gasteiger partial charge in [0, 0.05) is 5.39 Å². The number of fused-ring (bicyclic) bond motifs is 1. The maximum atomic E-state index is 11.9. The number of rotatable bonds is 4. The summed E-state index contributed by atoms with van der Waals surface area (Å²) in [4.78, 5) is 0.192. The standard InChI is InChI=1S/C13H12O3S.K.H/c1-2-10-16-17(14,15)13-9-5-7-11-6-3-4-8-12(11)13;;/h2-9H,1,10H2;;/q;+1;-1. The van der Waals surface area contributed by atoms with Crippen LogP contribution in [0.15, 0.2) is 60.0 Å². The van der Waals surface area contributed by atoms with Gasteiger partial charge in [-0.05, 0) is 11.5 Å². The first-order valence-corrected chi connectivity index (χ1v) is 6.54. The van der Waals surface area contributed by atoms with Crippen LogP contribution < -0.4 is 51.4 Å². The van der Waals surface area contributed by atoms with E-state index in [2.05, 4.69) is 6.58 Å². The molecule has 0 saturated carbocycles. The first kappa shape index (κ1) is 16.0. The Morgan fingerprint density at radius 2 is 1.83 bits per heavy atom. The Labute approximate surface area is 151 Å². The van der Waals surface area contributed by atoms with E-state index in [9.17, 15) is 8.42 Å². The van der Waals surface area contributed by atoms with Gasteiger partial charge in [0.2, 0.25) is 0 Å². The fourth-order valence-corrected chi connectivity index (χ4v) is 2.72. The van der Waals surface area contributed by atoms with Crippen molar-refractivity contribution in [1.82, 2.24) is 0 Å². The van der Waals surface area contributed by atoms with Crippen molar-refractivity contribution >= 4 is 20.9 Å². The summed E-state index contributed by atoms with van der Waals surface area (Å²) in [7, 11) is -3.72. The van der Waals surface area contributed by atoms with Crippen LogP contribution in [0.3, 0.4) is 0 Å². The van der Waals surface area contributed by atoms with Gasteiger partial charge in [0.15, 0.2) is 0 Å². The van der Waals surface area contributed by atoms with E-state index in [1.165, 1.54) is 6.08 Å². The second-order valence-corrected chi connectivity index (χ2v) is 5.09. The predicted molar refractivity (Wildman–Crippen MR) is 68.4 cm³/mol. The van der Waals surface area contributed by atoms with Crippen molar-refractivity contribution in [2.24, 2.45) is 0 Å². The second kappa shape index (κ2) is 6.95. The van der Waals surface area contributed by atoms with Crippen LogP contribution in [0.25, 0.3) is 10.8 Å². The summed E-state index contributed by atoms with van der Waals surface area (Å²) in [6.45, 7) is 3.41. The molecule has 0 aliphatic carbocycles. The molecule has 0 bridgehead atoms. The Balaban J connectivity index is 0.00000162. The molecule has 18 heavy (non-hydrogen) atoms. The van der Waals surface area contributed by atoms with E-state index in [4.69, 9.17) is 4.18 Å². The summed E-state index contributed by atoms with van der Waals surface area (Å²) in [5.41, 5.74) is 0. The molecule has 2 rings (SSSR count). The van der Waals surface area contributed by atoms with Crippen LogP contribution in [-0.4, -0.2) is 15.0 Å². The smallest absolute Gasteiger partial charge is 1.00 e. The number of hydrogen-bond acceptors (Lipinski definition) is 3. The Hall–Kier alpha value is -0.0136. The summed E-state index contributed by atoms with van der Waals surface area (Å²) in [6, 6.07) is 12.4. The van der Waals surface area contributed by atoms with Gasteiger partial charge in [0.25, 0.3) is 10.1 Å². The van der Waals surface area contributed by atoms with Crippen LogP contribution >= 0.6 is 0 Å². The summed E-state index contributed by atoms with van der Waals surface area (Å²) in [5.74, 6) is 0. The third kappa shape index (κ3) is 3.51. The van der Waals surface area contributed by atoms with E-state index >= 15 is 0 Å². The number of benzene rings is 2. The molecule has 2 aromatic carbocycles.